The molecule has 1 aromatic rings. The van der Waals surface area contributed by atoms with Crippen molar-refractivity contribution >= 4 is 29.6 Å². The standard InChI is InChI=1S/C23H33N5O7/c1-12(2)19(23(34)35)27-21(32)17-4-3-9-28(17)22(33)16(11-18(25)30)26-20(31)15(24)10-13-5-7-14(29)8-6-13/h5-8,12,15-17,19,29H,3-4,9-11,24H2,1-2H3,(H2,25,30)(H,26,31)(H,27,32)(H,34,35). The third-order valence-electron chi connectivity index (χ3n) is 5.82. The van der Waals surface area contributed by atoms with Gasteiger partial charge >= 0.3 is 5.97 Å². The molecule has 0 saturated carbocycles. The van der Waals surface area contributed by atoms with Crippen LogP contribution in [0.15, 0.2) is 24.3 Å². The first-order chi connectivity index (χ1) is 16.4. The highest BCUT2D eigenvalue weighted by molar-refractivity contribution is 5.96. The van der Waals surface area contributed by atoms with Gasteiger partial charge in [-0.2, -0.15) is 0 Å². The van der Waals surface area contributed by atoms with Crippen LogP contribution in [0.1, 0.15) is 38.7 Å². The lowest BCUT2D eigenvalue weighted by atomic mass is 10.0. The zero-order valence-corrected chi connectivity index (χ0v) is 19.8. The summed E-state index contributed by atoms with van der Waals surface area (Å²) in [5.41, 5.74) is 11.9. The largest absolute Gasteiger partial charge is 0.508 e. The van der Waals surface area contributed by atoms with Gasteiger partial charge in [0.05, 0.1) is 12.5 Å². The molecule has 12 nitrogen and oxygen atoms in total. The van der Waals surface area contributed by atoms with Crippen LogP contribution in [-0.2, 0) is 30.4 Å². The molecule has 1 aliphatic heterocycles. The first-order valence-corrected chi connectivity index (χ1v) is 11.4. The van der Waals surface area contributed by atoms with Crippen LogP contribution >= 0.6 is 0 Å². The van der Waals surface area contributed by atoms with Gasteiger partial charge in [-0.15, -0.1) is 0 Å². The third-order valence-corrected chi connectivity index (χ3v) is 5.82. The lowest BCUT2D eigenvalue weighted by Crippen LogP contribution is -2.58. The Morgan fingerprint density at radius 2 is 1.74 bits per heavy atom. The lowest BCUT2D eigenvalue weighted by molar-refractivity contribution is -0.146. The number of carboxylic acids is 1. The Bertz CT molecular complexity index is 950. The molecule has 8 N–H and O–H groups in total. The molecule has 0 aliphatic carbocycles. The number of carbonyl (C=O) groups excluding carboxylic acids is 4. The Morgan fingerprint density at radius 3 is 2.29 bits per heavy atom. The second-order valence-corrected chi connectivity index (χ2v) is 8.97. The number of hydrogen-bond acceptors (Lipinski definition) is 7. The highest BCUT2D eigenvalue weighted by Crippen LogP contribution is 2.20. The molecule has 192 valence electrons. The van der Waals surface area contributed by atoms with E-state index in [1.54, 1.807) is 26.0 Å². The smallest absolute Gasteiger partial charge is 0.326 e. The summed E-state index contributed by atoms with van der Waals surface area (Å²) in [4.78, 5) is 63.0. The maximum absolute atomic E-state index is 13.2. The van der Waals surface area contributed by atoms with Crippen LogP contribution in [0, 0.1) is 5.92 Å². The number of likely N-dealkylation sites (tertiary alicyclic amines) is 1. The molecular formula is C23H33N5O7. The molecule has 2 rings (SSSR count). The van der Waals surface area contributed by atoms with Crippen LogP contribution in [0.3, 0.4) is 0 Å². The lowest BCUT2D eigenvalue weighted by Gasteiger charge is -2.30. The summed E-state index contributed by atoms with van der Waals surface area (Å²) in [5, 5.41) is 23.7. The zero-order valence-electron chi connectivity index (χ0n) is 19.8. The van der Waals surface area contributed by atoms with E-state index >= 15 is 0 Å². The minimum atomic E-state index is -1.33. The Morgan fingerprint density at radius 1 is 1.11 bits per heavy atom. The number of nitrogens with one attached hydrogen (secondary N) is 2. The molecule has 4 unspecified atom stereocenters. The summed E-state index contributed by atoms with van der Waals surface area (Å²) in [5.74, 6) is -4.32. The monoisotopic (exact) mass is 491 g/mol. The van der Waals surface area contributed by atoms with Crippen molar-refractivity contribution in [3.8, 4) is 5.75 Å². The third kappa shape index (κ3) is 7.67. The van der Waals surface area contributed by atoms with E-state index < -0.39 is 60.2 Å². The molecule has 0 radical (unpaired) electrons. The average Bonchev–Trinajstić information content (AvgIpc) is 3.27. The molecule has 0 bridgehead atoms. The van der Waals surface area contributed by atoms with Crippen molar-refractivity contribution in [3.05, 3.63) is 29.8 Å². The minimum Gasteiger partial charge on any atom is -0.508 e. The van der Waals surface area contributed by atoms with Gasteiger partial charge in [-0.3, -0.25) is 19.2 Å². The van der Waals surface area contributed by atoms with Gasteiger partial charge in [-0.25, -0.2) is 4.79 Å². The van der Waals surface area contributed by atoms with Crippen molar-refractivity contribution < 1.29 is 34.2 Å². The summed E-state index contributed by atoms with van der Waals surface area (Å²) in [6, 6.07) is 1.65. The number of primary amides is 1. The van der Waals surface area contributed by atoms with Gasteiger partial charge in [0.15, 0.2) is 0 Å². The molecular weight excluding hydrogens is 458 g/mol. The van der Waals surface area contributed by atoms with E-state index in [-0.39, 0.29) is 24.6 Å². The fraction of sp³-hybridized carbons (Fsp3) is 0.522. The van der Waals surface area contributed by atoms with Gasteiger partial charge in [0.1, 0.15) is 23.9 Å². The number of rotatable bonds is 11. The average molecular weight is 492 g/mol. The Balaban J connectivity index is 2.11. The van der Waals surface area contributed by atoms with Gasteiger partial charge in [0.2, 0.25) is 23.6 Å². The highest BCUT2D eigenvalue weighted by Gasteiger charge is 2.39. The predicted molar refractivity (Wildman–Crippen MR) is 125 cm³/mol. The number of phenolic OH excluding ortho intramolecular Hbond substituents is 1. The Labute approximate surface area is 203 Å². The quantitative estimate of drug-likeness (QED) is 0.222. The van der Waals surface area contributed by atoms with Gasteiger partial charge in [-0.1, -0.05) is 26.0 Å². The first kappa shape index (κ1) is 27.6. The summed E-state index contributed by atoms with van der Waals surface area (Å²) in [6.07, 6.45) is 0.412. The molecule has 35 heavy (non-hydrogen) atoms. The molecule has 1 saturated heterocycles. The van der Waals surface area contributed by atoms with E-state index in [1.165, 1.54) is 17.0 Å². The molecule has 0 spiro atoms. The van der Waals surface area contributed by atoms with Crippen molar-refractivity contribution in [1.29, 1.82) is 0 Å². The number of carboxylic acid groups (broad SMARTS) is 1. The van der Waals surface area contributed by atoms with Crippen LogP contribution < -0.4 is 22.1 Å². The molecule has 1 fully saturated rings. The number of aliphatic carboxylic acids is 1. The molecule has 0 aromatic heterocycles. The van der Waals surface area contributed by atoms with Crippen molar-refractivity contribution in [2.24, 2.45) is 17.4 Å². The first-order valence-electron chi connectivity index (χ1n) is 11.4. The van der Waals surface area contributed by atoms with Gasteiger partial charge in [0.25, 0.3) is 0 Å². The summed E-state index contributed by atoms with van der Waals surface area (Å²) >= 11 is 0. The van der Waals surface area contributed by atoms with Crippen molar-refractivity contribution in [1.82, 2.24) is 15.5 Å². The Kier molecular flexibility index (Phi) is 9.58. The van der Waals surface area contributed by atoms with E-state index in [9.17, 15) is 34.2 Å². The van der Waals surface area contributed by atoms with E-state index in [0.29, 0.717) is 18.4 Å². The van der Waals surface area contributed by atoms with Crippen molar-refractivity contribution in [3.63, 3.8) is 0 Å². The van der Waals surface area contributed by atoms with Crippen molar-refractivity contribution in [2.75, 3.05) is 6.54 Å². The predicted octanol–water partition coefficient (Wildman–Crippen LogP) is -1.16. The number of hydrogen-bond donors (Lipinski definition) is 6. The topological polar surface area (TPSA) is 205 Å². The number of carbonyl (C=O) groups is 5. The van der Waals surface area contributed by atoms with E-state index in [4.69, 9.17) is 11.5 Å². The van der Waals surface area contributed by atoms with Crippen LogP contribution in [0.4, 0.5) is 0 Å². The van der Waals surface area contributed by atoms with E-state index in [2.05, 4.69) is 10.6 Å². The number of nitrogens with two attached hydrogens (primary N) is 2. The van der Waals surface area contributed by atoms with Crippen LogP contribution in [0.5, 0.6) is 5.75 Å². The van der Waals surface area contributed by atoms with Crippen molar-refractivity contribution in [2.45, 2.75) is 63.7 Å². The molecule has 1 heterocycles. The zero-order chi connectivity index (χ0) is 26.3. The highest BCUT2D eigenvalue weighted by atomic mass is 16.4. The fourth-order valence-corrected chi connectivity index (χ4v) is 3.92. The maximum atomic E-state index is 13.2. The van der Waals surface area contributed by atoms with Gasteiger partial charge in [-0.05, 0) is 42.9 Å². The number of benzene rings is 1. The number of nitrogens with zero attached hydrogens (tertiary/aromatic N) is 1. The normalized spacial score (nSPS) is 17.9. The molecule has 4 atom stereocenters. The molecule has 1 aliphatic rings. The van der Waals surface area contributed by atoms with Crippen LogP contribution in [-0.4, -0.2) is 75.4 Å². The fourth-order valence-electron chi connectivity index (χ4n) is 3.92. The van der Waals surface area contributed by atoms with Gasteiger partial charge < -0.3 is 37.2 Å². The summed E-state index contributed by atoms with van der Waals surface area (Å²) in [7, 11) is 0. The Hall–Kier alpha value is -3.67. The summed E-state index contributed by atoms with van der Waals surface area (Å²) in [6.45, 7) is 3.49. The molecule has 1 aromatic carbocycles. The number of phenols is 1. The number of amides is 4. The summed E-state index contributed by atoms with van der Waals surface area (Å²) < 4.78 is 0. The maximum Gasteiger partial charge on any atom is 0.326 e. The second kappa shape index (κ2) is 12.2. The SMILES string of the molecule is CC(C)C(NC(=O)C1CCCN1C(=O)C(CC(N)=O)NC(=O)C(N)Cc1ccc(O)cc1)C(=O)O. The number of aromatic hydroxyl groups is 1. The molecule has 4 amide bonds. The van der Waals surface area contributed by atoms with E-state index in [0.717, 1.165) is 0 Å². The molecule has 12 heteroatoms. The minimum absolute atomic E-state index is 0.0613. The van der Waals surface area contributed by atoms with E-state index in [1.807, 2.05) is 0 Å². The second-order valence-electron chi connectivity index (χ2n) is 8.97. The van der Waals surface area contributed by atoms with Crippen LogP contribution in [0.25, 0.3) is 0 Å². The van der Waals surface area contributed by atoms with Gasteiger partial charge in [0, 0.05) is 6.54 Å². The van der Waals surface area contributed by atoms with Crippen LogP contribution in [0.2, 0.25) is 0 Å².